The maximum absolute atomic E-state index is 12.9. The number of ketones is 1. The van der Waals surface area contributed by atoms with Gasteiger partial charge in [0, 0.05) is 17.9 Å². The average molecular weight is 376 g/mol. The van der Waals surface area contributed by atoms with E-state index in [1.165, 1.54) is 17.7 Å². The van der Waals surface area contributed by atoms with Gasteiger partial charge in [-0.3, -0.25) is 14.5 Å². The van der Waals surface area contributed by atoms with E-state index < -0.39 is 5.54 Å². The van der Waals surface area contributed by atoms with Crippen LogP contribution in [0.25, 0.3) is 0 Å². The fourth-order valence-corrected chi connectivity index (χ4v) is 4.12. The van der Waals surface area contributed by atoms with Gasteiger partial charge >= 0.3 is 0 Å². The number of carbonyl (C=O) groups is 2. The summed E-state index contributed by atoms with van der Waals surface area (Å²) in [4.78, 5) is 31.0. The first-order chi connectivity index (χ1) is 12.4. The fourth-order valence-electron chi connectivity index (χ4n) is 3.91. The Kier molecular flexibility index (Phi) is 5.66. The largest absolute Gasteiger partial charge is 0.369 e. The lowest BCUT2D eigenvalue weighted by Gasteiger charge is -2.22. The van der Waals surface area contributed by atoms with Gasteiger partial charge in [0.1, 0.15) is 11.3 Å². The second kappa shape index (κ2) is 7.78. The average Bonchev–Trinajstić information content (AvgIpc) is 3.16. The molecule has 26 heavy (non-hydrogen) atoms. The van der Waals surface area contributed by atoms with Gasteiger partial charge in [-0.2, -0.15) is 0 Å². The molecule has 1 aromatic rings. The number of nitrogens with two attached hydrogens (primary N) is 1. The summed E-state index contributed by atoms with van der Waals surface area (Å²) in [6.07, 6.45) is 6.18. The molecule has 1 aromatic carbocycles. The molecule has 1 aliphatic heterocycles. The van der Waals surface area contributed by atoms with Crippen molar-refractivity contribution >= 4 is 29.3 Å². The number of hydrogen-bond acceptors (Lipinski definition) is 4. The third kappa shape index (κ3) is 4.26. The number of carbonyl (C=O) groups excluding carboxylic acids is 2. The topological polar surface area (TPSA) is 75.8 Å². The second-order valence-corrected chi connectivity index (χ2v) is 8.09. The van der Waals surface area contributed by atoms with Crippen molar-refractivity contribution in [1.29, 1.82) is 0 Å². The summed E-state index contributed by atoms with van der Waals surface area (Å²) in [5, 5.41) is 0.616. The Balaban J connectivity index is 1.59. The Morgan fingerprint density at radius 3 is 2.81 bits per heavy atom. The van der Waals surface area contributed by atoms with Crippen LogP contribution in [0.4, 0.5) is 0 Å². The van der Waals surface area contributed by atoms with Gasteiger partial charge in [-0.05, 0) is 37.0 Å². The number of aliphatic imine (C=N–C) groups is 1. The SMILES string of the molecule is CC1(CCC(=O)CC2CCCC2)N=C(N)N(Cc2cccc(Cl)c2)C1=O. The quantitative estimate of drug-likeness (QED) is 0.789. The zero-order valence-electron chi connectivity index (χ0n) is 15.2. The predicted octanol–water partition coefficient (Wildman–Crippen LogP) is 3.69. The van der Waals surface area contributed by atoms with E-state index in [2.05, 4.69) is 4.99 Å². The maximum Gasteiger partial charge on any atom is 0.257 e. The first kappa shape index (κ1) is 18.9. The van der Waals surface area contributed by atoms with Crippen LogP contribution in [0.15, 0.2) is 29.3 Å². The highest BCUT2D eigenvalue weighted by molar-refractivity contribution is 6.30. The van der Waals surface area contributed by atoms with Crippen LogP contribution < -0.4 is 5.73 Å². The van der Waals surface area contributed by atoms with Crippen molar-refractivity contribution in [2.45, 2.75) is 64.0 Å². The van der Waals surface area contributed by atoms with Gasteiger partial charge in [0.05, 0.1) is 6.54 Å². The lowest BCUT2D eigenvalue weighted by Crippen LogP contribution is -2.42. The van der Waals surface area contributed by atoms with Crippen LogP contribution in [0.5, 0.6) is 0 Å². The molecule has 0 spiro atoms. The van der Waals surface area contributed by atoms with Crippen molar-refractivity contribution in [2.75, 3.05) is 0 Å². The van der Waals surface area contributed by atoms with E-state index in [9.17, 15) is 9.59 Å². The Morgan fingerprint density at radius 1 is 1.38 bits per heavy atom. The Bertz CT molecular complexity index is 728. The molecule has 1 aliphatic carbocycles. The van der Waals surface area contributed by atoms with E-state index in [4.69, 9.17) is 17.3 Å². The lowest BCUT2D eigenvalue weighted by atomic mass is 9.91. The smallest absolute Gasteiger partial charge is 0.257 e. The molecule has 0 saturated heterocycles. The molecule has 0 aromatic heterocycles. The minimum atomic E-state index is -0.950. The van der Waals surface area contributed by atoms with E-state index in [1.807, 2.05) is 18.2 Å². The molecule has 2 N–H and O–H groups in total. The van der Waals surface area contributed by atoms with Crippen molar-refractivity contribution in [3.8, 4) is 0 Å². The molecule has 5 nitrogen and oxygen atoms in total. The number of nitrogens with zero attached hydrogens (tertiary/aromatic N) is 2. The predicted molar refractivity (Wildman–Crippen MR) is 103 cm³/mol. The summed E-state index contributed by atoms with van der Waals surface area (Å²) in [5.41, 5.74) is 5.95. The molecule has 0 radical (unpaired) electrons. The Hall–Kier alpha value is -1.88. The molecular formula is C20H26ClN3O2. The minimum absolute atomic E-state index is 0.149. The molecular weight excluding hydrogens is 350 g/mol. The summed E-state index contributed by atoms with van der Waals surface area (Å²) in [7, 11) is 0. The van der Waals surface area contributed by atoms with Crippen molar-refractivity contribution < 1.29 is 9.59 Å². The number of guanidine groups is 1. The summed E-state index contributed by atoms with van der Waals surface area (Å²) in [6.45, 7) is 2.10. The van der Waals surface area contributed by atoms with Gasteiger partial charge in [0.15, 0.2) is 5.96 Å². The summed E-state index contributed by atoms with van der Waals surface area (Å²) >= 11 is 6.01. The molecule has 6 heteroatoms. The number of Topliss-reactive ketones (excluding diaryl/α,β-unsaturated/α-hetero) is 1. The molecule has 1 fully saturated rings. The number of benzene rings is 1. The highest BCUT2D eigenvalue weighted by Gasteiger charge is 2.43. The maximum atomic E-state index is 12.9. The monoisotopic (exact) mass is 375 g/mol. The second-order valence-electron chi connectivity index (χ2n) is 7.66. The number of amides is 1. The van der Waals surface area contributed by atoms with E-state index in [0.717, 1.165) is 18.4 Å². The first-order valence-electron chi connectivity index (χ1n) is 9.31. The molecule has 1 amide bonds. The fraction of sp³-hybridized carbons (Fsp3) is 0.550. The van der Waals surface area contributed by atoms with E-state index in [1.54, 1.807) is 13.0 Å². The van der Waals surface area contributed by atoms with Crippen molar-refractivity contribution in [2.24, 2.45) is 16.6 Å². The molecule has 1 unspecified atom stereocenters. The van der Waals surface area contributed by atoms with Crippen LogP contribution >= 0.6 is 11.6 Å². The number of hydrogen-bond donors (Lipinski definition) is 1. The highest BCUT2D eigenvalue weighted by Crippen LogP contribution is 2.31. The Morgan fingerprint density at radius 2 is 2.12 bits per heavy atom. The van der Waals surface area contributed by atoms with Gasteiger partial charge in [-0.1, -0.05) is 49.4 Å². The van der Waals surface area contributed by atoms with Crippen molar-refractivity contribution in [3.63, 3.8) is 0 Å². The molecule has 3 rings (SSSR count). The zero-order valence-corrected chi connectivity index (χ0v) is 16.0. The van der Waals surface area contributed by atoms with Crippen LogP contribution in [0.2, 0.25) is 5.02 Å². The van der Waals surface area contributed by atoms with Crippen LogP contribution in [0.3, 0.4) is 0 Å². The standard InChI is InChI=1S/C20H26ClN3O2/c1-20(10-9-17(25)12-14-5-2-3-6-14)18(26)24(19(22)23-20)13-15-7-4-8-16(21)11-15/h4,7-8,11,14H,2-3,5-6,9-10,12-13H2,1H3,(H2,22,23). The first-order valence-corrected chi connectivity index (χ1v) is 9.68. The van der Waals surface area contributed by atoms with Crippen LogP contribution in [0, 0.1) is 5.92 Å². The summed E-state index contributed by atoms with van der Waals surface area (Å²) in [6, 6.07) is 7.33. The zero-order chi connectivity index (χ0) is 18.7. The Labute approximate surface area is 159 Å². The van der Waals surface area contributed by atoms with Gasteiger partial charge in [-0.15, -0.1) is 0 Å². The molecule has 1 heterocycles. The van der Waals surface area contributed by atoms with Crippen LogP contribution in [-0.4, -0.2) is 28.1 Å². The van der Waals surface area contributed by atoms with Crippen molar-refractivity contribution in [1.82, 2.24) is 4.90 Å². The van der Waals surface area contributed by atoms with Crippen LogP contribution in [-0.2, 0) is 16.1 Å². The molecule has 0 bridgehead atoms. The van der Waals surface area contributed by atoms with E-state index in [0.29, 0.717) is 36.7 Å². The van der Waals surface area contributed by atoms with Crippen LogP contribution in [0.1, 0.15) is 57.4 Å². The summed E-state index contributed by atoms with van der Waals surface area (Å²) < 4.78 is 0. The minimum Gasteiger partial charge on any atom is -0.369 e. The van der Waals surface area contributed by atoms with Crippen molar-refractivity contribution in [3.05, 3.63) is 34.9 Å². The molecule has 1 saturated carbocycles. The lowest BCUT2D eigenvalue weighted by molar-refractivity contribution is -0.131. The van der Waals surface area contributed by atoms with E-state index >= 15 is 0 Å². The number of halogens is 1. The van der Waals surface area contributed by atoms with E-state index in [-0.39, 0.29) is 17.6 Å². The normalized spacial score (nSPS) is 23.5. The van der Waals surface area contributed by atoms with Gasteiger partial charge in [-0.25, -0.2) is 4.99 Å². The van der Waals surface area contributed by atoms with Gasteiger partial charge in [0.2, 0.25) is 0 Å². The third-order valence-electron chi connectivity index (χ3n) is 5.46. The van der Waals surface area contributed by atoms with Gasteiger partial charge in [0.25, 0.3) is 5.91 Å². The summed E-state index contributed by atoms with van der Waals surface area (Å²) in [5.74, 6) is 0.819. The third-order valence-corrected chi connectivity index (χ3v) is 5.69. The highest BCUT2D eigenvalue weighted by atomic mass is 35.5. The molecule has 2 aliphatic rings. The van der Waals surface area contributed by atoms with Gasteiger partial charge < -0.3 is 5.73 Å². The molecule has 1 atom stereocenters. The number of rotatable bonds is 7. The molecule has 140 valence electrons.